The van der Waals surface area contributed by atoms with Gasteiger partial charge in [-0.05, 0) is 34.0 Å². The summed E-state index contributed by atoms with van der Waals surface area (Å²) in [6.45, 7) is 0. The van der Waals surface area contributed by atoms with E-state index >= 15 is 0 Å². The van der Waals surface area contributed by atoms with E-state index in [1.807, 2.05) is 22.9 Å². The largest absolute Gasteiger partial charge is 0.321 e. The van der Waals surface area contributed by atoms with Crippen molar-refractivity contribution in [2.75, 3.05) is 5.32 Å². The molecule has 2 aromatic heterocycles. The molecule has 94 valence electrons. The SMILES string of the molecule is O=C(Nc1ccsc1)c1ccccc1-n1cnnn1. The molecule has 0 unspecified atom stereocenters. The number of tetrazole rings is 1. The number of rotatable bonds is 3. The zero-order valence-corrected chi connectivity index (χ0v) is 10.5. The van der Waals surface area contributed by atoms with Crippen LogP contribution in [0.4, 0.5) is 5.69 Å². The van der Waals surface area contributed by atoms with E-state index < -0.39 is 0 Å². The number of benzene rings is 1. The van der Waals surface area contributed by atoms with Crippen LogP contribution in [0.1, 0.15) is 10.4 Å². The summed E-state index contributed by atoms with van der Waals surface area (Å²) in [4.78, 5) is 12.2. The highest BCUT2D eigenvalue weighted by Crippen LogP contribution is 2.17. The van der Waals surface area contributed by atoms with Crippen LogP contribution in [0.5, 0.6) is 0 Å². The number of hydrogen-bond acceptors (Lipinski definition) is 5. The van der Waals surface area contributed by atoms with Gasteiger partial charge in [-0.15, -0.1) is 5.10 Å². The molecule has 0 saturated carbocycles. The number of carbonyl (C=O) groups excluding carboxylic acids is 1. The van der Waals surface area contributed by atoms with Crippen molar-refractivity contribution < 1.29 is 4.79 Å². The lowest BCUT2D eigenvalue weighted by molar-refractivity contribution is 0.102. The van der Waals surface area contributed by atoms with Crippen LogP contribution in [0.25, 0.3) is 5.69 Å². The molecule has 0 fully saturated rings. The average Bonchev–Trinajstić information content (AvgIpc) is 3.11. The quantitative estimate of drug-likeness (QED) is 0.790. The molecule has 0 spiro atoms. The molecule has 0 saturated heterocycles. The third-order valence-corrected chi connectivity index (χ3v) is 3.21. The van der Waals surface area contributed by atoms with Crippen molar-refractivity contribution in [3.8, 4) is 5.69 Å². The Bertz CT molecular complexity index is 678. The second-order valence-corrected chi connectivity index (χ2v) is 4.52. The van der Waals surface area contributed by atoms with Crippen LogP contribution in [-0.4, -0.2) is 26.1 Å². The molecule has 1 N–H and O–H groups in total. The summed E-state index contributed by atoms with van der Waals surface area (Å²) in [5.74, 6) is -0.190. The molecule has 19 heavy (non-hydrogen) atoms. The fourth-order valence-electron chi connectivity index (χ4n) is 1.67. The summed E-state index contributed by atoms with van der Waals surface area (Å²) in [6, 6.07) is 9.01. The maximum Gasteiger partial charge on any atom is 0.257 e. The topological polar surface area (TPSA) is 72.7 Å². The third-order valence-electron chi connectivity index (χ3n) is 2.52. The maximum absolute atomic E-state index is 12.2. The molecular weight excluding hydrogens is 262 g/mol. The highest BCUT2D eigenvalue weighted by atomic mass is 32.1. The number of nitrogens with zero attached hydrogens (tertiary/aromatic N) is 4. The van der Waals surface area contributed by atoms with Gasteiger partial charge in [0.05, 0.1) is 16.9 Å². The van der Waals surface area contributed by atoms with Crippen molar-refractivity contribution in [1.82, 2.24) is 20.2 Å². The predicted molar refractivity (Wildman–Crippen MR) is 71.4 cm³/mol. The van der Waals surface area contributed by atoms with Gasteiger partial charge >= 0.3 is 0 Å². The van der Waals surface area contributed by atoms with Crippen molar-refractivity contribution >= 4 is 22.9 Å². The first-order valence-corrected chi connectivity index (χ1v) is 6.45. The van der Waals surface area contributed by atoms with Gasteiger partial charge in [-0.2, -0.15) is 16.0 Å². The number of carbonyl (C=O) groups is 1. The molecular formula is C12H9N5OS. The monoisotopic (exact) mass is 271 g/mol. The standard InChI is InChI=1S/C12H9N5OS/c18-12(14-9-5-6-19-7-9)10-3-1-2-4-11(10)17-8-13-15-16-17/h1-8H,(H,14,18). The third kappa shape index (κ3) is 2.36. The molecule has 7 heteroatoms. The maximum atomic E-state index is 12.2. The van der Waals surface area contributed by atoms with E-state index in [9.17, 15) is 4.79 Å². The fourth-order valence-corrected chi connectivity index (χ4v) is 2.26. The van der Waals surface area contributed by atoms with Crippen LogP contribution >= 0.6 is 11.3 Å². The first-order chi connectivity index (χ1) is 9.34. The summed E-state index contributed by atoms with van der Waals surface area (Å²) < 4.78 is 1.46. The number of nitrogens with one attached hydrogen (secondary N) is 1. The Labute approximate surface area is 112 Å². The van der Waals surface area contributed by atoms with Gasteiger partial charge in [-0.1, -0.05) is 12.1 Å². The van der Waals surface area contributed by atoms with E-state index in [1.54, 1.807) is 18.2 Å². The van der Waals surface area contributed by atoms with Gasteiger partial charge in [0, 0.05) is 5.38 Å². The Morgan fingerprint density at radius 2 is 2.16 bits per heavy atom. The molecule has 1 amide bonds. The van der Waals surface area contributed by atoms with Crippen molar-refractivity contribution in [3.05, 3.63) is 53.0 Å². The van der Waals surface area contributed by atoms with Gasteiger partial charge in [0.2, 0.25) is 0 Å². The molecule has 3 aromatic rings. The second kappa shape index (κ2) is 4.99. The first kappa shape index (κ1) is 11.5. The van der Waals surface area contributed by atoms with Crippen LogP contribution in [-0.2, 0) is 0 Å². The minimum atomic E-state index is -0.190. The van der Waals surface area contributed by atoms with E-state index in [1.165, 1.54) is 22.3 Å². The lowest BCUT2D eigenvalue weighted by atomic mass is 10.1. The number of thiophene rings is 1. The van der Waals surface area contributed by atoms with Crippen LogP contribution in [0.3, 0.4) is 0 Å². The van der Waals surface area contributed by atoms with E-state index in [0.29, 0.717) is 11.3 Å². The predicted octanol–water partition coefficient (Wildman–Crippen LogP) is 1.98. The van der Waals surface area contributed by atoms with Gasteiger partial charge in [-0.3, -0.25) is 4.79 Å². The number of anilines is 1. The van der Waals surface area contributed by atoms with Crippen molar-refractivity contribution in [1.29, 1.82) is 0 Å². The highest BCUT2D eigenvalue weighted by molar-refractivity contribution is 7.08. The molecule has 2 heterocycles. The van der Waals surface area contributed by atoms with Gasteiger partial charge < -0.3 is 5.32 Å². The number of amides is 1. The molecule has 6 nitrogen and oxygen atoms in total. The Hall–Kier alpha value is -2.54. The Morgan fingerprint density at radius 3 is 2.89 bits per heavy atom. The number of aromatic nitrogens is 4. The van der Waals surface area contributed by atoms with Gasteiger partial charge in [0.25, 0.3) is 5.91 Å². The summed E-state index contributed by atoms with van der Waals surface area (Å²) >= 11 is 1.53. The molecule has 0 aliphatic heterocycles. The smallest absolute Gasteiger partial charge is 0.257 e. The molecule has 0 radical (unpaired) electrons. The summed E-state index contributed by atoms with van der Waals surface area (Å²) in [5, 5.41) is 17.6. The minimum absolute atomic E-state index is 0.190. The molecule has 1 aromatic carbocycles. The first-order valence-electron chi connectivity index (χ1n) is 5.50. The van der Waals surface area contributed by atoms with Crippen LogP contribution in [0.15, 0.2) is 47.4 Å². The second-order valence-electron chi connectivity index (χ2n) is 3.74. The van der Waals surface area contributed by atoms with E-state index in [0.717, 1.165) is 5.69 Å². The van der Waals surface area contributed by atoms with Crippen molar-refractivity contribution in [2.24, 2.45) is 0 Å². The van der Waals surface area contributed by atoms with E-state index in [2.05, 4.69) is 20.8 Å². The summed E-state index contributed by atoms with van der Waals surface area (Å²) in [7, 11) is 0. The van der Waals surface area contributed by atoms with Crippen LogP contribution in [0, 0.1) is 0 Å². The van der Waals surface area contributed by atoms with Gasteiger partial charge in [0.15, 0.2) is 0 Å². The molecule has 0 bridgehead atoms. The van der Waals surface area contributed by atoms with E-state index in [-0.39, 0.29) is 5.91 Å². The summed E-state index contributed by atoms with van der Waals surface area (Å²) in [6.07, 6.45) is 1.46. The zero-order chi connectivity index (χ0) is 13.1. The lowest BCUT2D eigenvalue weighted by Gasteiger charge is -2.08. The normalized spacial score (nSPS) is 10.3. The van der Waals surface area contributed by atoms with Crippen molar-refractivity contribution in [2.45, 2.75) is 0 Å². The molecule has 0 aliphatic rings. The Balaban J connectivity index is 1.94. The van der Waals surface area contributed by atoms with E-state index in [4.69, 9.17) is 0 Å². The fraction of sp³-hybridized carbons (Fsp3) is 0. The molecule has 0 atom stereocenters. The highest BCUT2D eigenvalue weighted by Gasteiger charge is 2.13. The van der Waals surface area contributed by atoms with Crippen LogP contribution < -0.4 is 5.32 Å². The molecule has 0 aliphatic carbocycles. The summed E-state index contributed by atoms with van der Waals surface area (Å²) in [5.41, 5.74) is 1.93. The number of hydrogen-bond donors (Lipinski definition) is 1. The van der Waals surface area contributed by atoms with Gasteiger partial charge in [0.1, 0.15) is 6.33 Å². The Kier molecular flexibility index (Phi) is 3.03. The molecule has 3 rings (SSSR count). The van der Waals surface area contributed by atoms with Crippen LogP contribution in [0.2, 0.25) is 0 Å². The Morgan fingerprint density at radius 1 is 1.26 bits per heavy atom. The van der Waals surface area contributed by atoms with Gasteiger partial charge in [-0.25, -0.2) is 0 Å². The van der Waals surface area contributed by atoms with Crippen molar-refractivity contribution in [3.63, 3.8) is 0 Å². The minimum Gasteiger partial charge on any atom is -0.321 e. The zero-order valence-electron chi connectivity index (χ0n) is 9.72. The lowest BCUT2D eigenvalue weighted by Crippen LogP contribution is -2.14. The average molecular weight is 271 g/mol. The number of para-hydroxylation sites is 1.